The van der Waals surface area contributed by atoms with Crippen molar-refractivity contribution in [1.29, 1.82) is 0 Å². The van der Waals surface area contributed by atoms with Crippen LogP contribution in [0.25, 0.3) is 0 Å². The zero-order valence-electron chi connectivity index (χ0n) is 10.5. The molecule has 0 aliphatic heterocycles. The van der Waals surface area contributed by atoms with Gasteiger partial charge in [-0.3, -0.25) is 4.68 Å². The Hall–Kier alpha value is -0.360. The molecular formula is C11H16ClF3N2S. The molecule has 1 aromatic rings. The van der Waals surface area contributed by atoms with Gasteiger partial charge >= 0.3 is 5.51 Å². The monoisotopic (exact) mass is 300 g/mol. The minimum Gasteiger partial charge on any atom is -0.268 e. The van der Waals surface area contributed by atoms with Gasteiger partial charge in [-0.25, -0.2) is 0 Å². The number of hydrogen-bond acceptors (Lipinski definition) is 2. The second-order valence-electron chi connectivity index (χ2n) is 3.98. The molecule has 0 amide bonds. The largest absolute Gasteiger partial charge is 0.441 e. The van der Waals surface area contributed by atoms with Crippen LogP contribution in [0.5, 0.6) is 0 Å². The summed E-state index contributed by atoms with van der Waals surface area (Å²) in [5.74, 6) is -0.0377. The first kappa shape index (κ1) is 15.7. The van der Waals surface area contributed by atoms with Crippen LogP contribution >= 0.6 is 23.4 Å². The minimum absolute atomic E-state index is 0.0274. The van der Waals surface area contributed by atoms with Gasteiger partial charge in [-0.05, 0) is 32.0 Å². The summed E-state index contributed by atoms with van der Waals surface area (Å²) in [5.41, 5.74) is -1.59. The average molecular weight is 301 g/mol. The van der Waals surface area contributed by atoms with Gasteiger partial charge in [-0.15, -0.1) is 11.6 Å². The van der Waals surface area contributed by atoms with Crippen molar-refractivity contribution < 1.29 is 13.2 Å². The molecule has 0 aliphatic rings. The van der Waals surface area contributed by atoms with Gasteiger partial charge in [-0.2, -0.15) is 18.3 Å². The van der Waals surface area contributed by atoms with Crippen LogP contribution < -0.4 is 0 Å². The summed E-state index contributed by atoms with van der Waals surface area (Å²) < 4.78 is 37.7. The van der Waals surface area contributed by atoms with Crippen molar-refractivity contribution in [3.63, 3.8) is 0 Å². The van der Waals surface area contributed by atoms with Crippen LogP contribution in [0.15, 0.2) is 0 Å². The van der Waals surface area contributed by atoms with Crippen molar-refractivity contribution in [3.8, 4) is 0 Å². The molecule has 1 heterocycles. The van der Waals surface area contributed by atoms with Gasteiger partial charge in [0.2, 0.25) is 0 Å². The van der Waals surface area contributed by atoms with Gasteiger partial charge in [0.25, 0.3) is 0 Å². The van der Waals surface area contributed by atoms with E-state index in [2.05, 4.69) is 5.10 Å². The Morgan fingerprint density at radius 1 is 1.39 bits per heavy atom. The smallest absolute Gasteiger partial charge is 0.268 e. The highest BCUT2D eigenvalue weighted by molar-refractivity contribution is 8.00. The van der Waals surface area contributed by atoms with Crippen molar-refractivity contribution in [2.24, 2.45) is 0 Å². The maximum atomic E-state index is 12.0. The molecule has 104 valence electrons. The molecule has 0 aromatic carbocycles. The maximum absolute atomic E-state index is 12.0. The van der Waals surface area contributed by atoms with Gasteiger partial charge in [-0.1, -0.05) is 6.92 Å². The van der Waals surface area contributed by atoms with Gasteiger partial charge in [0.05, 0.1) is 17.6 Å². The lowest BCUT2D eigenvalue weighted by Gasteiger charge is -2.09. The summed E-state index contributed by atoms with van der Waals surface area (Å²) in [4.78, 5) is 0. The Morgan fingerprint density at radius 3 is 2.50 bits per heavy atom. The number of nitrogens with zero attached hydrogens (tertiary/aromatic N) is 2. The molecule has 1 unspecified atom stereocenters. The third-order valence-corrected chi connectivity index (χ3v) is 3.92. The van der Waals surface area contributed by atoms with E-state index in [-0.39, 0.29) is 29.4 Å². The Morgan fingerprint density at radius 2 is 2.00 bits per heavy atom. The topological polar surface area (TPSA) is 17.8 Å². The van der Waals surface area contributed by atoms with E-state index in [0.717, 1.165) is 23.4 Å². The number of rotatable bonds is 5. The fourth-order valence-electron chi connectivity index (χ4n) is 1.83. The van der Waals surface area contributed by atoms with Crippen LogP contribution in [0.2, 0.25) is 0 Å². The van der Waals surface area contributed by atoms with E-state index in [9.17, 15) is 13.2 Å². The summed E-state index contributed by atoms with van der Waals surface area (Å²) in [7, 11) is 0. The first-order valence-electron chi connectivity index (χ1n) is 5.65. The normalized spacial score (nSPS) is 13.9. The molecule has 0 saturated carbocycles. The second-order valence-corrected chi connectivity index (χ2v) is 5.66. The second kappa shape index (κ2) is 6.19. The summed E-state index contributed by atoms with van der Waals surface area (Å²) in [5, 5.41) is 4.12. The van der Waals surface area contributed by atoms with E-state index >= 15 is 0 Å². The van der Waals surface area contributed by atoms with E-state index in [0.29, 0.717) is 0 Å². The van der Waals surface area contributed by atoms with Crippen molar-refractivity contribution in [3.05, 3.63) is 17.0 Å². The number of halogens is 4. The molecule has 0 fully saturated rings. The fraction of sp³-hybridized carbons (Fsp3) is 0.727. The molecule has 1 rings (SSSR count). The highest BCUT2D eigenvalue weighted by Crippen LogP contribution is 2.32. The van der Waals surface area contributed by atoms with Crippen LogP contribution in [0, 0.1) is 13.8 Å². The molecule has 0 spiro atoms. The minimum atomic E-state index is -4.18. The molecule has 0 radical (unpaired) electrons. The highest BCUT2D eigenvalue weighted by Gasteiger charge is 2.28. The standard InChI is InChI=1S/C11H16ClF3N2S/c1-4-9(12)10-7(2)16-17(8(10)3)5-6-18-11(13,14)15/h9H,4-6H2,1-3H3. The molecule has 1 aromatic heterocycles. The summed E-state index contributed by atoms with van der Waals surface area (Å²) in [6.45, 7) is 5.89. The van der Waals surface area contributed by atoms with Crippen molar-refractivity contribution in [2.75, 3.05) is 5.75 Å². The van der Waals surface area contributed by atoms with E-state index < -0.39 is 5.51 Å². The van der Waals surface area contributed by atoms with Crippen molar-refractivity contribution in [1.82, 2.24) is 9.78 Å². The first-order valence-corrected chi connectivity index (χ1v) is 7.07. The predicted molar refractivity (Wildman–Crippen MR) is 69.1 cm³/mol. The summed E-state index contributed by atoms with van der Waals surface area (Å²) in [6, 6.07) is 0. The number of hydrogen-bond donors (Lipinski definition) is 0. The molecule has 2 nitrogen and oxygen atoms in total. The number of aromatic nitrogens is 2. The molecule has 1 atom stereocenters. The Kier molecular flexibility index (Phi) is 5.40. The SMILES string of the molecule is CCC(Cl)c1c(C)nn(CCSC(F)(F)F)c1C. The summed E-state index contributed by atoms with van der Waals surface area (Å²) in [6.07, 6.45) is 0.770. The van der Waals surface area contributed by atoms with E-state index in [1.54, 1.807) is 4.68 Å². The molecule has 0 bridgehead atoms. The molecule has 18 heavy (non-hydrogen) atoms. The Balaban J connectivity index is 2.74. The average Bonchev–Trinajstić information content (AvgIpc) is 2.52. The van der Waals surface area contributed by atoms with E-state index in [1.165, 1.54) is 0 Å². The van der Waals surface area contributed by atoms with Crippen molar-refractivity contribution >= 4 is 23.4 Å². The third kappa shape index (κ3) is 4.09. The zero-order valence-corrected chi connectivity index (χ0v) is 12.1. The van der Waals surface area contributed by atoms with Gasteiger partial charge in [0, 0.05) is 17.0 Å². The summed E-state index contributed by atoms with van der Waals surface area (Å²) >= 11 is 6.16. The fourth-order valence-corrected chi connectivity index (χ4v) is 2.65. The van der Waals surface area contributed by atoms with Gasteiger partial charge < -0.3 is 0 Å². The van der Waals surface area contributed by atoms with Crippen LogP contribution in [0.4, 0.5) is 13.2 Å². The molecule has 0 aliphatic carbocycles. The predicted octanol–water partition coefficient (Wildman–Crippen LogP) is 4.44. The zero-order chi connectivity index (χ0) is 13.9. The van der Waals surface area contributed by atoms with E-state index in [4.69, 9.17) is 11.6 Å². The first-order chi connectivity index (χ1) is 8.26. The van der Waals surface area contributed by atoms with Gasteiger partial charge in [0.1, 0.15) is 0 Å². The Labute approximate surface area is 114 Å². The molecule has 0 saturated heterocycles. The lowest BCUT2D eigenvalue weighted by Crippen LogP contribution is -2.09. The number of thioether (sulfide) groups is 1. The quantitative estimate of drug-likeness (QED) is 0.748. The molecule has 7 heteroatoms. The number of aryl methyl sites for hydroxylation is 2. The number of alkyl halides is 4. The highest BCUT2D eigenvalue weighted by atomic mass is 35.5. The van der Waals surface area contributed by atoms with Gasteiger partial charge in [0.15, 0.2) is 0 Å². The maximum Gasteiger partial charge on any atom is 0.441 e. The Bertz CT molecular complexity index is 404. The van der Waals surface area contributed by atoms with Crippen LogP contribution in [0.3, 0.4) is 0 Å². The van der Waals surface area contributed by atoms with Crippen LogP contribution in [-0.4, -0.2) is 21.0 Å². The van der Waals surface area contributed by atoms with Crippen LogP contribution in [-0.2, 0) is 6.54 Å². The molecular weight excluding hydrogens is 285 g/mol. The lowest BCUT2D eigenvalue weighted by molar-refractivity contribution is -0.0328. The lowest BCUT2D eigenvalue weighted by atomic mass is 10.1. The van der Waals surface area contributed by atoms with Crippen molar-refractivity contribution in [2.45, 2.75) is 44.6 Å². The molecule has 0 N–H and O–H groups in total. The van der Waals surface area contributed by atoms with Crippen LogP contribution in [0.1, 0.15) is 35.7 Å². The van der Waals surface area contributed by atoms with E-state index in [1.807, 2.05) is 20.8 Å². The third-order valence-electron chi connectivity index (χ3n) is 2.68.